The molecule has 10 heteroatoms. The summed E-state index contributed by atoms with van der Waals surface area (Å²) in [5, 5.41) is 10.2. The number of benzene rings is 2. The summed E-state index contributed by atoms with van der Waals surface area (Å²) in [4.78, 5) is 13.4. The van der Waals surface area contributed by atoms with Crippen molar-refractivity contribution in [2.24, 2.45) is 4.99 Å². The molecule has 0 fully saturated rings. The van der Waals surface area contributed by atoms with Crippen molar-refractivity contribution < 1.29 is 9.47 Å². The monoisotopic (exact) mass is 484 g/mol. The number of nitrogens with zero attached hydrogens (tertiary/aromatic N) is 3. The molecule has 0 aliphatic heterocycles. The molecule has 3 aromatic rings. The van der Waals surface area contributed by atoms with Crippen molar-refractivity contribution in [1.82, 2.24) is 15.3 Å². The van der Waals surface area contributed by atoms with Gasteiger partial charge in [-0.2, -0.15) is 0 Å². The van der Waals surface area contributed by atoms with Crippen LogP contribution in [0.4, 0.5) is 11.6 Å². The minimum Gasteiger partial charge on any atom is -0.497 e. The van der Waals surface area contributed by atoms with E-state index in [-0.39, 0.29) is 0 Å². The van der Waals surface area contributed by atoms with Gasteiger partial charge in [-0.3, -0.25) is 5.32 Å². The molecule has 1 aromatic heterocycles. The van der Waals surface area contributed by atoms with E-state index >= 15 is 0 Å². The number of methoxy groups -OCH3 is 2. The molecule has 172 valence electrons. The van der Waals surface area contributed by atoms with Gasteiger partial charge in [-0.25, -0.2) is 15.0 Å². The number of ether oxygens (including phenoxy) is 2. The number of aromatic nitrogens is 2. The maximum atomic E-state index is 6.28. The average molecular weight is 485 g/mol. The molecule has 0 radical (unpaired) electrons. The minimum atomic E-state index is 0.306. The van der Waals surface area contributed by atoms with Crippen LogP contribution in [0.5, 0.6) is 11.5 Å². The van der Waals surface area contributed by atoms with Gasteiger partial charge in [0.25, 0.3) is 0 Å². The number of rotatable bonds is 6. The number of guanidine groups is 1. The lowest BCUT2D eigenvalue weighted by molar-refractivity contribution is 0.395. The van der Waals surface area contributed by atoms with Gasteiger partial charge in [0.1, 0.15) is 11.5 Å². The van der Waals surface area contributed by atoms with Crippen molar-refractivity contribution in [1.29, 1.82) is 0 Å². The van der Waals surface area contributed by atoms with E-state index in [1.807, 2.05) is 44.2 Å². The first kappa shape index (κ1) is 24.2. The Hall–Kier alpha value is -3.43. The molecule has 0 aliphatic carbocycles. The van der Waals surface area contributed by atoms with Crippen LogP contribution in [0.3, 0.4) is 0 Å². The Morgan fingerprint density at radius 1 is 0.970 bits per heavy atom. The fourth-order valence-corrected chi connectivity index (χ4v) is 3.35. The summed E-state index contributed by atoms with van der Waals surface area (Å²) in [7, 11) is 3.17. The zero-order valence-electron chi connectivity index (χ0n) is 18.8. The molecule has 3 N–H and O–H groups in total. The lowest BCUT2D eigenvalue weighted by Gasteiger charge is -2.15. The van der Waals surface area contributed by atoms with Crippen molar-refractivity contribution in [3.05, 3.63) is 70.5 Å². The number of aliphatic imine (C=N–C) groups is 1. The zero-order valence-corrected chi connectivity index (χ0v) is 20.3. The van der Waals surface area contributed by atoms with Gasteiger partial charge in [-0.15, -0.1) is 0 Å². The highest BCUT2D eigenvalue weighted by Crippen LogP contribution is 2.25. The van der Waals surface area contributed by atoms with Crippen molar-refractivity contribution >= 4 is 46.5 Å². The number of thiocarbonyl (C=S) groups is 1. The molecule has 33 heavy (non-hydrogen) atoms. The van der Waals surface area contributed by atoms with Crippen LogP contribution < -0.4 is 25.4 Å². The Morgan fingerprint density at radius 2 is 1.61 bits per heavy atom. The molecule has 0 aliphatic rings. The van der Waals surface area contributed by atoms with E-state index < -0.39 is 0 Å². The molecule has 8 nitrogen and oxygen atoms in total. The first-order valence-corrected chi connectivity index (χ1v) is 10.8. The Balaban J connectivity index is 1.81. The van der Waals surface area contributed by atoms with Gasteiger partial charge < -0.3 is 20.1 Å². The molecule has 0 saturated heterocycles. The van der Waals surface area contributed by atoms with Gasteiger partial charge >= 0.3 is 0 Å². The number of nitrogens with one attached hydrogen (secondary N) is 3. The van der Waals surface area contributed by atoms with Gasteiger partial charge in [0.05, 0.1) is 20.8 Å². The van der Waals surface area contributed by atoms with Crippen LogP contribution in [0.2, 0.25) is 5.02 Å². The quantitative estimate of drug-likeness (QED) is 0.263. The summed E-state index contributed by atoms with van der Waals surface area (Å²) in [5.41, 5.74) is 3.23. The first-order valence-electron chi connectivity index (χ1n) is 10.0. The molecular weight excluding hydrogens is 460 g/mol. The van der Waals surface area contributed by atoms with Gasteiger partial charge in [0.15, 0.2) is 5.11 Å². The third kappa shape index (κ3) is 7.30. The van der Waals surface area contributed by atoms with E-state index in [4.69, 9.17) is 33.3 Å². The van der Waals surface area contributed by atoms with E-state index in [0.717, 1.165) is 17.0 Å². The molecule has 0 unspecified atom stereocenters. The lowest BCUT2D eigenvalue weighted by atomic mass is 10.2. The largest absolute Gasteiger partial charge is 0.497 e. The summed E-state index contributed by atoms with van der Waals surface area (Å²) in [6.07, 6.45) is 0. The van der Waals surface area contributed by atoms with Crippen LogP contribution >= 0.6 is 23.8 Å². The summed E-state index contributed by atoms with van der Waals surface area (Å²) in [6.45, 7) is 4.13. The smallest absolute Gasteiger partial charge is 0.229 e. The number of aryl methyl sites for hydroxylation is 2. The third-order valence-electron chi connectivity index (χ3n) is 4.42. The highest BCUT2D eigenvalue weighted by molar-refractivity contribution is 7.80. The summed E-state index contributed by atoms with van der Waals surface area (Å²) < 4.78 is 10.6. The Bertz CT molecular complexity index is 1130. The maximum Gasteiger partial charge on any atom is 0.229 e. The predicted octanol–water partition coefficient (Wildman–Crippen LogP) is 4.72. The molecule has 0 atom stereocenters. The van der Waals surface area contributed by atoms with Crippen LogP contribution in [0.15, 0.2) is 53.5 Å². The van der Waals surface area contributed by atoms with E-state index in [1.54, 1.807) is 32.4 Å². The topological polar surface area (TPSA) is 92.7 Å². The molecule has 2 aromatic carbocycles. The van der Waals surface area contributed by atoms with Gasteiger partial charge in [0.2, 0.25) is 11.9 Å². The fraction of sp³-hybridized carbons (Fsp3) is 0.217. The second-order valence-corrected chi connectivity index (χ2v) is 7.85. The Morgan fingerprint density at radius 3 is 2.21 bits per heavy atom. The van der Waals surface area contributed by atoms with Crippen molar-refractivity contribution in [2.75, 3.05) is 24.9 Å². The van der Waals surface area contributed by atoms with Crippen LogP contribution in [-0.2, 0) is 6.54 Å². The van der Waals surface area contributed by atoms with Crippen molar-refractivity contribution in [2.45, 2.75) is 20.4 Å². The van der Waals surface area contributed by atoms with Crippen molar-refractivity contribution in [3.63, 3.8) is 0 Å². The number of hydrogen-bond donors (Lipinski definition) is 3. The standard InChI is InChI=1S/C23H25ClN6O2S/c1-14-9-15(2)27-22(26-14)29-21(25-13-16-7-5-6-8-20(16)24)30-23(33)28-17-10-18(31-3)12-19(11-17)32-4/h5-12H,13H2,1-4H3,(H3,25,26,27,28,29,30,33). The average Bonchev–Trinajstić information content (AvgIpc) is 2.77. The number of halogens is 1. The van der Waals surface area contributed by atoms with E-state index in [1.165, 1.54) is 0 Å². The van der Waals surface area contributed by atoms with Crippen LogP contribution in [0, 0.1) is 13.8 Å². The summed E-state index contributed by atoms with van der Waals surface area (Å²) >= 11 is 11.8. The summed E-state index contributed by atoms with van der Waals surface area (Å²) in [5.74, 6) is 2.04. The second-order valence-electron chi connectivity index (χ2n) is 7.04. The molecular formula is C23H25ClN6O2S. The minimum absolute atomic E-state index is 0.306. The zero-order chi connectivity index (χ0) is 23.8. The number of anilines is 2. The van der Waals surface area contributed by atoms with Crippen LogP contribution in [-0.4, -0.2) is 35.3 Å². The molecule has 1 heterocycles. The highest BCUT2D eigenvalue weighted by Gasteiger charge is 2.09. The van der Waals surface area contributed by atoms with Gasteiger partial charge in [0, 0.05) is 40.3 Å². The Labute approximate surface area is 203 Å². The van der Waals surface area contributed by atoms with Gasteiger partial charge in [-0.05, 0) is 43.8 Å². The number of hydrogen-bond acceptors (Lipinski definition) is 6. The lowest BCUT2D eigenvalue weighted by Crippen LogP contribution is -2.39. The summed E-state index contributed by atoms with van der Waals surface area (Å²) in [6, 6.07) is 14.8. The van der Waals surface area contributed by atoms with E-state index in [9.17, 15) is 0 Å². The van der Waals surface area contributed by atoms with Crippen molar-refractivity contribution in [3.8, 4) is 11.5 Å². The second kappa shape index (κ2) is 11.4. The molecule has 0 saturated carbocycles. The SMILES string of the molecule is COc1cc(NC(=S)NC(=NCc2ccccc2Cl)Nc2nc(C)cc(C)n2)cc(OC)c1. The predicted molar refractivity (Wildman–Crippen MR) is 137 cm³/mol. The third-order valence-corrected chi connectivity index (χ3v) is 4.99. The molecule has 0 amide bonds. The molecule has 0 bridgehead atoms. The normalized spacial score (nSPS) is 11.0. The van der Waals surface area contributed by atoms with E-state index in [0.29, 0.717) is 45.8 Å². The van der Waals surface area contributed by atoms with Crippen LogP contribution in [0.25, 0.3) is 0 Å². The fourth-order valence-electron chi connectivity index (χ4n) is 2.94. The molecule has 0 spiro atoms. The van der Waals surface area contributed by atoms with Crippen LogP contribution in [0.1, 0.15) is 17.0 Å². The highest BCUT2D eigenvalue weighted by atomic mass is 35.5. The van der Waals surface area contributed by atoms with E-state index in [2.05, 4.69) is 30.9 Å². The Kier molecular flexibility index (Phi) is 8.39. The first-order chi connectivity index (χ1) is 15.9. The van der Waals surface area contributed by atoms with Gasteiger partial charge in [-0.1, -0.05) is 29.8 Å². The maximum absolute atomic E-state index is 6.28. The molecule has 3 rings (SSSR count).